The Balaban J connectivity index is 3.30. The summed E-state index contributed by atoms with van der Waals surface area (Å²) in [6.45, 7) is 4.98. The number of carbonyl (C=O) groups excluding carboxylic acids is 2. The second-order valence-corrected chi connectivity index (χ2v) is 24.9. The van der Waals surface area contributed by atoms with E-state index in [9.17, 15) is 19.8 Å². The van der Waals surface area contributed by atoms with Crippen molar-refractivity contribution >= 4 is 11.9 Å². The summed E-state index contributed by atoms with van der Waals surface area (Å²) in [5.74, 6) is -0.00790. The molecule has 0 aromatic carbocycles. The molecule has 464 valence electrons. The van der Waals surface area contributed by atoms with Gasteiger partial charge in [0, 0.05) is 12.8 Å². The molecule has 0 saturated heterocycles. The quantitative estimate of drug-likeness (QED) is 0.0320. The van der Waals surface area contributed by atoms with Crippen LogP contribution in [0.25, 0.3) is 0 Å². The molecule has 0 heterocycles. The number of rotatable bonds is 68. The molecule has 0 radical (unpaired) electrons. The smallest absolute Gasteiger partial charge is 0.305 e. The number of ether oxygens (including phenoxy) is 1. The van der Waals surface area contributed by atoms with Gasteiger partial charge in [-0.3, -0.25) is 9.59 Å². The Bertz CT molecular complexity index is 1180. The first-order chi connectivity index (χ1) is 38.5. The van der Waals surface area contributed by atoms with E-state index in [1.807, 2.05) is 0 Å². The second-order valence-electron chi connectivity index (χ2n) is 24.9. The van der Waals surface area contributed by atoms with E-state index in [-0.39, 0.29) is 18.5 Å². The number of hydrogen-bond donors (Lipinski definition) is 3. The number of esters is 1. The molecule has 2 atom stereocenters. The third-order valence-corrected chi connectivity index (χ3v) is 17.1. The van der Waals surface area contributed by atoms with Gasteiger partial charge in [0.05, 0.1) is 25.4 Å². The molecule has 0 spiro atoms. The van der Waals surface area contributed by atoms with E-state index in [0.717, 1.165) is 38.5 Å². The van der Waals surface area contributed by atoms with Gasteiger partial charge in [0.1, 0.15) is 0 Å². The van der Waals surface area contributed by atoms with Gasteiger partial charge < -0.3 is 20.3 Å². The van der Waals surface area contributed by atoms with Gasteiger partial charge in [0.15, 0.2) is 0 Å². The lowest BCUT2D eigenvalue weighted by Gasteiger charge is -2.22. The summed E-state index contributed by atoms with van der Waals surface area (Å²) in [5.41, 5.74) is 0. The van der Waals surface area contributed by atoms with Gasteiger partial charge in [-0.05, 0) is 51.4 Å². The minimum atomic E-state index is -0.660. The van der Waals surface area contributed by atoms with Gasteiger partial charge in [-0.2, -0.15) is 0 Å². The maximum absolute atomic E-state index is 12.4. The van der Waals surface area contributed by atoms with Crippen LogP contribution in [0.5, 0.6) is 0 Å². The maximum Gasteiger partial charge on any atom is 0.305 e. The molecule has 0 aliphatic heterocycles. The molecular formula is C72H141NO5. The van der Waals surface area contributed by atoms with E-state index in [2.05, 4.69) is 31.3 Å². The number of aliphatic hydroxyl groups excluding tert-OH is 2. The third-order valence-electron chi connectivity index (χ3n) is 17.1. The molecule has 0 rings (SSSR count). The number of nitrogens with one attached hydrogen (secondary N) is 1. The second kappa shape index (κ2) is 68.1. The molecule has 0 aliphatic carbocycles. The van der Waals surface area contributed by atoms with Crippen LogP contribution in [0.3, 0.4) is 0 Å². The number of hydrogen-bond acceptors (Lipinski definition) is 5. The largest absolute Gasteiger partial charge is 0.466 e. The van der Waals surface area contributed by atoms with Gasteiger partial charge in [0.2, 0.25) is 5.91 Å². The van der Waals surface area contributed by atoms with Crippen LogP contribution in [-0.4, -0.2) is 47.4 Å². The number of amides is 1. The van der Waals surface area contributed by atoms with Crippen LogP contribution in [0.15, 0.2) is 12.2 Å². The number of allylic oxidation sites excluding steroid dienone is 2. The zero-order valence-corrected chi connectivity index (χ0v) is 53.2. The number of carbonyl (C=O) groups is 2. The summed E-state index contributed by atoms with van der Waals surface area (Å²) >= 11 is 0. The van der Waals surface area contributed by atoms with Gasteiger partial charge >= 0.3 is 5.97 Å². The van der Waals surface area contributed by atoms with Crippen LogP contribution in [-0.2, 0) is 14.3 Å². The molecule has 6 heteroatoms. The fourth-order valence-electron chi connectivity index (χ4n) is 11.6. The van der Waals surface area contributed by atoms with E-state index in [1.165, 1.54) is 340 Å². The Morgan fingerprint density at radius 2 is 0.603 bits per heavy atom. The Labute approximate surface area is 489 Å². The van der Waals surface area contributed by atoms with Crippen LogP contribution < -0.4 is 5.32 Å². The van der Waals surface area contributed by atoms with Crippen molar-refractivity contribution in [2.45, 2.75) is 424 Å². The highest BCUT2D eigenvalue weighted by molar-refractivity contribution is 5.76. The highest BCUT2D eigenvalue weighted by atomic mass is 16.5. The summed E-state index contributed by atoms with van der Waals surface area (Å²) in [7, 11) is 0. The van der Waals surface area contributed by atoms with Gasteiger partial charge in [-0.1, -0.05) is 360 Å². The zero-order chi connectivity index (χ0) is 56.4. The van der Waals surface area contributed by atoms with Crippen molar-refractivity contribution in [3.8, 4) is 0 Å². The minimum absolute atomic E-state index is 0.0239. The highest BCUT2D eigenvalue weighted by Gasteiger charge is 2.20. The van der Waals surface area contributed by atoms with E-state index in [0.29, 0.717) is 25.9 Å². The fraction of sp³-hybridized carbons (Fsp3) is 0.944. The summed E-state index contributed by atoms with van der Waals surface area (Å²) < 4.78 is 5.52. The highest BCUT2D eigenvalue weighted by Crippen LogP contribution is 2.19. The summed E-state index contributed by atoms with van der Waals surface area (Å²) in [5, 5.41) is 23.2. The monoisotopic (exact) mass is 1100 g/mol. The average molecular weight is 1100 g/mol. The normalized spacial score (nSPS) is 12.5. The van der Waals surface area contributed by atoms with Crippen molar-refractivity contribution in [3.05, 3.63) is 12.2 Å². The Morgan fingerprint density at radius 1 is 0.346 bits per heavy atom. The van der Waals surface area contributed by atoms with Crippen LogP contribution >= 0.6 is 0 Å². The molecule has 0 aromatic rings. The van der Waals surface area contributed by atoms with E-state index in [4.69, 9.17) is 4.74 Å². The lowest BCUT2D eigenvalue weighted by Crippen LogP contribution is -2.45. The molecule has 0 bridgehead atoms. The predicted octanol–water partition coefficient (Wildman–Crippen LogP) is 23.1. The van der Waals surface area contributed by atoms with Crippen LogP contribution in [0.2, 0.25) is 0 Å². The first-order valence-corrected chi connectivity index (χ1v) is 35.9. The molecule has 2 unspecified atom stereocenters. The minimum Gasteiger partial charge on any atom is -0.466 e. The summed E-state index contributed by atoms with van der Waals surface area (Å²) in [6, 6.07) is -0.537. The standard InChI is InChI=1S/C72H141NO5/c1-3-5-7-9-11-13-15-16-17-18-33-37-40-43-46-50-54-58-62-66-72(77)78-67-63-59-55-51-47-44-41-38-35-32-30-28-26-24-22-20-19-21-23-25-27-29-31-34-36-39-42-45-49-53-57-61-65-71(76)73-69(68-74)70(75)64-60-56-52-48-14-12-10-8-6-4-2/h22,24,69-70,74-75H,3-21,23,25-68H2,1-2H3,(H,73,76)/b24-22-. The molecule has 0 aromatic heterocycles. The number of unbranched alkanes of at least 4 members (excludes halogenated alkanes) is 55. The van der Waals surface area contributed by atoms with Crippen molar-refractivity contribution in [1.82, 2.24) is 5.32 Å². The Kier molecular flexibility index (Phi) is 66.9. The van der Waals surface area contributed by atoms with Gasteiger partial charge in [-0.15, -0.1) is 0 Å². The Morgan fingerprint density at radius 3 is 0.910 bits per heavy atom. The lowest BCUT2D eigenvalue weighted by atomic mass is 10.0. The number of aliphatic hydroxyl groups is 2. The van der Waals surface area contributed by atoms with Gasteiger partial charge in [-0.25, -0.2) is 0 Å². The summed E-state index contributed by atoms with van der Waals surface area (Å²) in [4.78, 5) is 24.6. The van der Waals surface area contributed by atoms with Crippen LogP contribution in [0.4, 0.5) is 0 Å². The SMILES string of the molecule is CCCCCCCCCCCCCCCCCCCCCC(=O)OCCCCCCCCCCCCCC/C=C\CCCCCCCCCCCCCCCCCCC(=O)NC(CO)C(O)CCCCCCCCCCCC. The molecule has 1 amide bonds. The Hall–Kier alpha value is -1.40. The first-order valence-electron chi connectivity index (χ1n) is 35.9. The molecule has 0 fully saturated rings. The molecular weight excluding hydrogens is 959 g/mol. The first kappa shape index (κ1) is 76.6. The molecule has 3 N–H and O–H groups in total. The van der Waals surface area contributed by atoms with Crippen molar-refractivity contribution in [3.63, 3.8) is 0 Å². The van der Waals surface area contributed by atoms with Gasteiger partial charge in [0.25, 0.3) is 0 Å². The van der Waals surface area contributed by atoms with Crippen LogP contribution in [0.1, 0.15) is 412 Å². The molecule has 78 heavy (non-hydrogen) atoms. The predicted molar refractivity (Wildman–Crippen MR) is 343 cm³/mol. The molecule has 6 nitrogen and oxygen atoms in total. The van der Waals surface area contributed by atoms with Crippen molar-refractivity contribution < 1.29 is 24.5 Å². The van der Waals surface area contributed by atoms with Crippen molar-refractivity contribution in [2.24, 2.45) is 0 Å². The fourth-order valence-corrected chi connectivity index (χ4v) is 11.6. The average Bonchev–Trinajstić information content (AvgIpc) is 3.44. The van der Waals surface area contributed by atoms with E-state index in [1.54, 1.807) is 0 Å². The van der Waals surface area contributed by atoms with E-state index >= 15 is 0 Å². The molecule has 0 saturated carbocycles. The molecule has 0 aliphatic rings. The van der Waals surface area contributed by atoms with Crippen molar-refractivity contribution in [2.75, 3.05) is 13.2 Å². The lowest BCUT2D eigenvalue weighted by molar-refractivity contribution is -0.143. The maximum atomic E-state index is 12.4. The third kappa shape index (κ3) is 63.8. The zero-order valence-electron chi connectivity index (χ0n) is 53.2. The van der Waals surface area contributed by atoms with E-state index < -0.39 is 12.1 Å². The van der Waals surface area contributed by atoms with Crippen LogP contribution in [0, 0.1) is 0 Å². The summed E-state index contributed by atoms with van der Waals surface area (Å²) in [6.07, 6.45) is 84.3. The topological polar surface area (TPSA) is 95.9 Å². The van der Waals surface area contributed by atoms with Crippen molar-refractivity contribution in [1.29, 1.82) is 0 Å².